The van der Waals surface area contributed by atoms with Gasteiger partial charge in [-0.1, -0.05) is 30.3 Å². The minimum absolute atomic E-state index is 0.0284. The number of carboxylic acid groups (broad SMARTS) is 1. The van der Waals surface area contributed by atoms with Gasteiger partial charge < -0.3 is 14.4 Å². The fraction of sp³-hybridized carbons (Fsp3) is 0.286. The molecule has 3 aromatic rings. The maximum atomic E-state index is 13.1. The van der Waals surface area contributed by atoms with Crippen molar-refractivity contribution in [2.24, 2.45) is 7.05 Å². The number of rotatable bonds is 5. The minimum atomic E-state index is -1.07. The maximum Gasteiger partial charge on any atom is 0.356 e. The van der Waals surface area contributed by atoms with Gasteiger partial charge in [0, 0.05) is 44.2 Å². The third-order valence-corrected chi connectivity index (χ3v) is 5.26. The Labute approximate surface area is 162 Å². The second-order valence-corrected chi connectivity index (χ2v) is 6.95. The van der Waals surface area contributed by atoms with Crippen LogP contribution in [0.1, 0.15) is 45.4 Å². The Hall–Kier alpha value is -3.35. The number of hydrogen-bond acceptors (Lipinski definition) is 4. The molecule has 4 rings (SSSR count). The number of carbonyl (C=O) groups is 2. The first-order chi connectivity index (χ1) is 13.5. The summed E-state index contributed by atoms with van der Waals surface area (Å²) in [6.45, 7) is 0.813. The summed E-state index contributed by atoms with van der Waals surface area (Å²) in [4.78, 5) is 26.3. The highest BCUT2D eigenvalue weighted by Gasteiger charge is 2.31. The Morgan fingerprint density at radius 3 is 2.68 bits per heavy atom. The molecule has 1 N–H and O–H groups in total. The molecular formula is C21H21N3O4. The van der Waals surface area contributed by atoms with Crippen molar-refractivity contribution in [3.63, 3.8) is 0 Å². The van der Waals surface area contributed by atoms with E-state index < -0.39 is 5.97 Å². The molecule has 0 saturated carbocycles. The highest BCUT2D eigenvalue weighted by molar-refractivity contribution is 5.88. The highest BCUT2D eigenvalue weighted by atomic mass is 16.4. The predicted molar refractivity (Wildman–Crippen MR) is 101 cm³/mol. The average molecular weight is 379 g/mol. The van der Waals surface area contributed by atoms with Crippen molar-refractivity contribution in [2.75, 3.05) is 6.54 Å². The first-order valence-electron chi connectivity index (χ1n) is 9.18. The molecular weight excluding hydrogens is 358 g/mol. The Balaban J connectivity index is 1.57. The van der Waals surface area contributed by atoms with Crippen molar-refractivity contribution in [1.82, 2.24) is 14.7 Å². The average Bonchev–Trinajstić information content (AvgIpc) is 3.35. The summed E-state index contributed by atoms with van der Waals surface area (Å²) < 4.78 is 7.19. The maximum absolute atomic E-state index is 13.1. The number of benzene rings is 1. The summed E-state index contributed by atoms with van der Waals surface area (Å²) in [5, 5.41) is 13.5. The molecule has 2 aromatic heterocycles. The quantitative estimate of drug-likeness (QED) is 0.736. The molecule has 7 nitrogen and oxygen atoms in total. The molecule has 0 aliphatic carbocycles. The number of fused-ring (bicyclic) bond motifs is 1. The number of aryl methyl sites for hydroxylation is 1. The number of hydrogen-bond donors (Lipinski definition) is 1. The minimum Gasteiger partial charge on any atom is -0.476 e. The van der Waals surface area contributed by atoms with E-state index in [-0.39, 0.29) is 30.5 Å². The van der Waals surface area contributed by atoms with E-state index in [9.17, 15) is 14.7 Å². The Bertz CT molecular complexity index is 992. The third-order valence-electron chi connectivity index (χ3n) is 5.26. The summed E-state index contributed by atoms with van der Waals surface area (Å²) in [5.41, 5.74) is 2.55. The van der Waals surface area contributed by atoms with Gasteiger partial charge in [0.2, 0.25) is 5.91 Å². The summed E-state index contributed by atoms with van der Waals surface area (Å²) in [6, 6.07) is 13.5. The van der Waals surface area contributed by atoms with Gasteiger partial charge in [-0.05, 0) is 17.7 Å². The second kappa shape index (κ2) is 7.34. The number of furan rings is 1. The molecule has 0 fully saturated rings. The summed E-state index contributed by atoms with van der Waals surface area (Å²) >= 11 is 0. The predicted octanol–water partition coefficient (Wildman–Crippen LogP) is 2.82. The number of carboxylic acids is 1. The van der Waals surface area contributed by atoms with Crippen LogP contribution in [0.2, 0.25) is 0 Å². The molecule has 1 aliphatic heterocycles. The van der Waals surface area contributed by atoms with E-state index >= 15 is 0 Å². The molecule has 1 aromatic carbocycles. The van der Waals surface area contributed by atoms with E-state index in [0.717, 1.165) is 17.0 Å². The number of aromatic carboxylic acids is 1. The standard InChI is InChI=1S/C21H21N3O4/c1-23-17-9-10-24(13-16(17)20(22-23)21(26)27)19(25)12-15(18-8-5-11-28-18)14-6-3-2-4-7-14/h2-8,11,15H,9-10,12-13H2,1H3,(H,26,27)/t15-/m0/s1. The van der Waals surface area contributed by atoms with E-state index in [1.165, 1.54) is 0 Å². The van der Waals surface area contributed by atoms with E-state index in [4.69, 9.17) is 4.42 Å². The van der Waals surface area contributed by atoms with Gasteiger partial charge in [0.15, 0.2) is 5.69 Å². The molecule has 7 heteroatoms. The number of nitrogens with zero attached hydrogens (tertiary/aromatic N) is 3. The van der Waals surface area contributed by atoms with Crippen LogP contribution < -0.4 is 0 Å². The van der Waals surface area contributed by atoms with Crippen molar-refractivity contribution < 1.29 is 19.1 Å². The van der Waals surface area contributed by atoms with E-state index in [0.29, 0.717) is 18.5 Å². The zero-order valence-corrected chi connectivity index (χ0v) is 15.5. The third kappa shape index (κ3) is 3.31. The van der Waals surface area contributed by atoms with Crippen molar-refractivity contribution in [3.05, 3.63) is 77.0 Å². The van der Waals surface area contributed by atoms with E-state index in [1.54, 1.807) is 22.9 Å². The molecule has 144 valence electrons. The van der Waals surface area contributed by atoms with Crippen LogP contribution in [-0.2, 0) is 24.8 Å². The van der Waals surface area contributed by atoms with Crippen LogP contribution in [0.5, 0.6) is 0 Å². The molecule has 1 aliphatic rings. The molecule has 0 saturated heterocycles. The lowest BCUT2D eigenvalue weighted by Gasteiger charge is -2.29. The smallest absolute Gasteiger partial charge is 0.356 e. The van der Waals surface area contributed by atoms with Gasteiger partial charge in [0.05, 0.1) is 12.2 Å². The summed E-state index contributed by atoms with van der Waals surface area (Å²) in [5.74, 6) is -0.539. The van der Waals surface area contributed by atoms with Gasteiger partial charge in [-0.2, -0.15) is 5.10 Å². The molecule has 1 amide bonds. The Kier molecular flexibility index (Phi) is 4.73. The van der Waals surface area contributed by atoms with Crippen LogP contribution in [0.15, 0.2) is 53.1 Å². The Morgan fingerprint density at radius 2 is 2.00 bits per heavy atom. The fourth-order valence-electron chi connectivity index (χ4n) is 3.84. The largest absolute Gasteiger partial charge is 0.476 e. The van der Waals surface area contributed by atoms with Crippen molar-refractivity contribution in [3.8, 4) is 0 Å². The first-order valence-corrected chi connectivity index (χ1v) is 9.18. The lowest BCUT2D eigenvalue weighted by Crippen LogP contribution is -2.37. The van der Waals surface area contributed by atoms with Crippen LogP contribution >= 0.6 is 0 Å². The highest BCUT2D eigenvalue weighted by Crippen LogP contribution is 2.30. The van der Waals surface area contributed by atoms with Crippen LogP contribution in [-0.4, -0.2) is 38.2 Å². The van der Waals surface area contributed by atoms with Crippen LogP contribution in [0.25, 0.3) is 0 Å². The topological polar surface area (TPSA) is 88.6 Å². The van der Waals surface area contributed by atoms with Crippen molar-refractivity contribution in [1.29, 1.82) is 0 Å². The van der Waals surface area contributed by atoms with Gasteiger partial charge in [0.1, 0.15) is 5.76 Å². The molecule has 28 heavy (non-hydrogen) atoms. The summed E-state index contributed by atoms with van der Waals surface area (Å²) in [7, 11) is 1.74. The van der Waals surface area contributed by atoms with Gasteiger partial charge in [-0.25, -0.2) is 4.79 Å². The normalized spacial score (nSPS) is 14.5. The lowest BCUT2D eigenvalue weighted by atomic mass is 9.92. The first kappa shape index (κ1) is 18.0. The van der Waals surface area contributed by atoms with Crippen LogP contribution in [0, 0.1) is 0 Å². The second-order valence-electron chi connectivity index (χ2n) is 6.95. The zero-order valence-electron chi connectivity index (χ0n) is 15.5. The fourth-order valence-corrected chi connectivity index (χ4v) is 3.84. The van der Waals surface area contributed by atoms with E-state index in [1.807, 2.05) is 42.5 Å². The molecule has 0 spiro atoms. The Morgan fingerprint density at radius 1 is 1.21 bits per heavy atom. The van der Waals surface area contributed by atoms with Crippen LogP contribution in [0.3, 0.4) is 0 Å². The summed E-state index contributed by atoms with van der Waals surface area (Å²) in [6.07, 6.45) is 2.46. The SMILES string of the molecule is Cn1nc(C(=O)O)c2c1CCN(C(=O)C[C@@H](c1ccccc1)c1ccco1)C2. The van der Waals surface area contributed by atoms with E-state index in [2.05, 4.69) is 5.10 Å². The number of carbonyl (C=O) groups excluding carboxylic acids is 1. The monoisotopic (exact) mass is 379 g/mol. The van der Waals surface area contributed by atoms with Crippen LogP contribution in [0.4, 0.5) is 0 Å². The van der Waals surface area contributed by atoms with Crippen molar-refractivity contribution in [2.45, 2.75) is 25.3 Å². The van der Waals surface area contributed by atoms with Gasteiger partial charge in [-0.15, -0.1) is 0 Å². The van der Waals surface area contributed by atoms with Gasteiger partial charge >= 0.3 is 5.97 Å². The number of amides is 1. The molecule has 0 bridgehead atoms. The van der Waals surface area contributed by atoms with Gasteiger partial charge in [0.25, 0.3) is 0 Å². The number of aromatic nitrogens is 2. The molecule has 0 radical (unpaired) electrons. The van der Waals surface area contributed by atoms with Gasteiger partial charge in [-0.3, -0.25) is 9.48 Å². The zero-order chi connectivity index (χ0) is 19.7. The molecule has 1 atom stereocenters. The lowest BCUT2D eigenvalue weighted by molar-refractivity contribution is -0.132. The van der Waals surface area contributed by atoms with Crippen molar-refractivity contribution >= 4 is 11.9 Å². The molecule has 3 heterocycles. The molecule has 0 unspecified atom stereocenters.